The molecule has 2 aromatic rings. The summed E-state index contributed by atoms with van der Waals surface area (Å²) in [4.78, 5) is 4.16. The van der Waals surface area contributed by atoms with Crippen molar-refractivity contribution >= 4 is 23.2 Å². The van der Waals surface area contributed by atoms with Gasteiger partial charge in [-0.25, -0.2) is 0 Å². The summed E-state index contributed by atoms with van der Waals surface area (Å²) in [6, 6.07) is 9.77. The molecule has 2 nitrogen and oxygen atoms in total. The zero-order valence-corrected chi connectivity index (χ0v) is 13.0. The molecule has 2 rings (SSSR count). The maximum absolute atomic E-state index is 6.32. The molecular formula is C16H18Cl2N2. The Morgan fingerprint density at radius 1 is 1.25 bits per heavy atom. The molecular weight excluding hydrogens is 291 g/mol. The topological polar surface area (TPSA) is 24.9 Å². The van der Waals surface area contributed by atoms with Gasteiger partial charge in [0.1, 0.15) is 0 Å². The summed E-state index contributed by atoms with van der Waals surface area (Å²) in [6.45, 7) is 3.08. The molecule has 0 spiro atoms. The monoisotopic (exact) mass is 308 g/mol. The minimum absolute atomic E-state index is 0.144. The Kier molecular flexibility index (Phi) is 5.84. The third kappa shape index (κ3) is 4.20. The zero-order valence-electron chi connectivity index (χ0n) is 11.4. The second-order valence-electron chi connectivity index (χ2n) is 4.74. The lowest BCUT2D eigenvalue weighted by Crippen LogP contribution is -2.24. The highest BCUT2D eigenvalue weighted by Gasteiger charge is 2.15. The molecule has 1 atom stereocenters. The maximum Gasteiger partial charge on any atom is 0.0454 e. The third-order valence-corrected chi connectivity index (χ3v) is 3.72. The highest BCUT2D eigenvalue weighted by Crippen LogP contribution is 2.28. The number of hydrogen-bond donors (Lipinski definition) is 1. The first kappa shape index (κ1) is 15.3. The van der Waals surface area contributed by atoms with Gasteiger partial charge in [0, 0.05) is 28.5 Å². The normalized spacial score (nSPS) is 12.3. The van der Waals surface area contributed by atoms with Crippen LogP contribution >= 0.6 is 23.2 Å². The van der Waals surface area contributed by atoms with Gasteiger partial charge in [0.15, 0.2) is 0 Å². The van der Waals surface area contributed by atoms with E-state index >= 15 is 0 Å². The Morgan fingerprint density at radius 2 is 2.10 bits per heavy atom. The molecule has 4 heteroatoms. The van der Waals surface area contributed by atoms with Crippen LogP contribution in [0.25, 0.3) is 0 Å². The lowest BCUT2D eigenvalue weighted by atomic mass is 9.99. The SMILES string of the molecule is CCCNC(Cc1cccnc1)c1cc(Cl)ccc1Cl. The standard InChI is InChI=1S/C16H18Cl2N2/c1-2-7-20-16(9-12-4-3-8-19-11-12)14-10-13(17)5-6-15(14)18/h3-6,8,10-11,16,20H,2,7,9H2,1H3. The first-order chi connectivity index (χ1) is 9.70. The minimum Gasteiger partial charge on any atom is -0.310 e. The van der Waals surface area contributed by atoms with Crippen LogP contribution in [-0.2, 0) is 6.42 Å². The van der Waals surface area contributed by atoms with Gasteiger partial charge in [-0.3, -0.25) is 4.98 Å². The van der Waals surface area contributed by atoms with Crippen LogP contribution in [0.1, 0.15) is 30.5 Å². The van der Waals surface area contributed by atoms with Gasteiger partial charge < -0.3 is 5.32 Å². The highest BCUT2D eigenvalue weighted by molar-refractivity contribution is 6.33. The van der Waals surface area contributed by atoms with Crippen molar-refractivity contribution in [2.45, 2.75) is 25.8 Å². The highest BCUT2D eigenvalue weighted by atomic mass is 35.5. The van der Waals surface area contributed by atoms with E-state index in [0.717, 1.165) is 30.0 Å². The van der Waals surface area contributed by atoms with Gasteiger partial charge in [0.05, 0.1) is 0 Å². The van der Waals surface area contributed by atoms with Gasteiger partial charge >= 0.3 is 0 Å². The van der Waals surface area contributed by atoms with Gasteiger partial charge in [-0.05, 0) is 54.8 Å². The first-order valence-electron chi connectivity index (χ1n) is 6.78. The zero-order chi connectivity index (χ0) is 14.4. The number of rotatable bonds is 6. The van der Waals surface area contributed by atoms with Crippen molar-refractivity contribution in [2.24, 2.45) is 0 Å². The van der Waals surface area contributed by atoms with Crippen LogP contribution in [0.2, 0.25) is 10.0 Å². The molecule has 1 aromatic carbocycles. The van der Waals surface area contributed by atoms with Gasteiger partial charge in [-0.2, -0.15) is 0 Å². The molecule has 1 unspecified atom stereocenters. The molecule has 106 valence electrons. The molecule has 1 heterocycles. The van der Waals surface area contributed by atoms with Gasteiger partial charge in [-0.15, -0.1) is 0 Å². The predicted molar refractivity (Wildman–Crippen MR) is 85.4 cm³/mol. The summed E-state index contributed by atoms with van der Waals surface area (Å²) < 4.78 is 0. The smallest absolute Gasteiger partial charge is 0.0454 e. The third-order valence-electron chi connectivity index (χ3n) is 3.14. The quantitative estimate of drug-likeness (QED) is 0.838. The number of pyridine rings is 1. The number of nitrogens with zero attached hydrogens (tertiary/aromatic N) is 1. The predicted octanol–water partition coefficient (Wildman–Crippen LogP) is 4.67. The number of aromatic nitrogens is 1. The summed E-state index contributed by atoms with van der Waals surface area (Å²) in [5, 5.41) is 4.98. The second kappa shape index (κ2) is 7.63. The molecule has 0 saturated heterocycles. The molecule has 0 aliphatic carbocycles. The van der Waals surface area contributed by atoms with E-state index in [0.29, 0.717) is 5.02 Å². The first-order valence-corrected chi connectivity index (χ1v) is 7.53. The molecule has 1 aromatic heterocycles. The Hall–Kier alpha value is -1.09. The lowest BCUT2D eigenvalue weighted by Gasteiger charge is -2.20. The maximum atomic E-state index is 6.32. The molecule has 0 saturated carbocycles. The van der Waals surface area contributed by atoms with Crippen LogP contribution in [0.5, 0.6) is 0 Å². The Morgan fingerprint density at radius 3 is 2.80 bits per heavy atom. The van der Waals surface area contributed by atoms with Gasteiger partial charge in [0.2, 0.25) is 0 Å². The van der Waals surface area contributed by atoms with Crippen LogP contribution in [-0.4, -0.2) is 11.5 Å². The fourth-order valence-corrected chi connectivity index (χ4v) is 2.58. The fourth-order valence-electron chi connectivity index (χ4n) is 2.15. The van der Waals surface area contributed by atoms with Crippen molar-refractivity contribution < 1.29 is 0 Å². The Balaban J connectivity index is 2.24. The average Bonchev–Trinajstić information content (AvgIpc) is 2.47. The summed E-state index contributed by atoms with van der Waals surface area (Å²) in [5.41, 5.74) is 2.22. The largest absolute Gasteiger partial charge is 0.310 e. The number of nitrogens with one attached hydrogen (secondary N) is 1. The van der Waals surface area contributed by atoms with E-state index in [2.05, 4.69) is 23.3 Å². The fraction of sp³-hybridized carbons (Fsp3) is 0.312. The Labute approximate surface area is 130 Å². The molecule has 0 bridgehead atoms. The van der Waals surface area contributed by atoms with Crippen molar-refractivity contribution in [1.29, 1.82) is 0 Å². The van der Waals surface area contributed by atoms with Crippen LogP contribution in [0, 0.1) is 0 Å². The van der Waals surface area contributed by atoms with E-state index in [1.165, 1.54) is 5.56 Å². The lowest BCUT2D eigenvalue weighted by molar-refractivity contribution is 0.529. The minimum atomic E-state index is 0.144. The van der Waals surface area contributed by atoms with Crippen molar-refractivity contribution in [3.8, 4) is 0 Å². The van der Waals surface area contributed by atoms with Crippen LogP contribution < -0.4 is 5.32 Å². The van der Waals surface area contributed by atoms with Crippen LogP contribution in [0.3, 0.4) is 0 Å². The van der Waals surface area contributed by atoms with Crippen molar-refractivity contribution in [2.75, 3.05) is 6.54 Å². The van der Waals surface area contributed by atoms with Crippen molar-refractivity contribution in [3.63, 3.8) is 0 Å². The van der Waals surface area contributed by atoms with E-state index in [1.54, 1.807) is 6.20 Å². The van der Waals surface area contributed by atoms with E-state index in [-0.39, 0.29) is 6.04 Å². The molecule has 0 aliphatic rings. The second-order valence-corrected chi connectivity index (χ2v) is 5.58. The molecule has 0 fully saturated rings. The summed E-state index contributed by atoms with van der Waals surface area (Å²) in [5.74, 6) is 0. The van der Waals surface area contributed by atoms with Crippen LogP contribution in [0.15, 0.2) is 42.7 Å². The van der Waals surface area contributed by atoms with E-state index in [9.17, 15) is 0 Å². The van der Waals surface area contributed by atoms with Crippen LogP contribution in [0.4, 0.5) is 0 Å². The average molecular weight is 309 g/mol. The van der Waals surface area contributed by atoms with Crippen molar-refractivity contribution in [3.05, 3.63) is 63.9 Å². The number of halogens is 2. The summed E-state index contributed by atoms with van der Waals surface area (Å²) in [7, 11) is 0. The number of benzene rings is 1. The summed E-state index contributed by atoms with van der Waals surface area (Å²) >= 11 is 12.4. The molecule has 0 aliphatic heterocycles. The van der Waals surface area contributed by atoms with E-state index in [4.69, 9.17) is 23.2 Å². The molecule has 20 heavy (non-hydrogen) atoms. The van der Waals surface area contributed by atoms with Gasteiger partial charge in [-0.1, -0.05) is 36.2 Å². The van der Waals surface area contributed by atoms with Crippen molar-refractivity contribution in [1.82, 2.24) is 10.3 Å². The molecule has 1 N–H and O–H groups in total. The van der Waals surface area contributed by atoms with E-state index < -0.39 is 0 Å². The Bertz CT molecular complexity index is 543. The van der Waals surface area contributed by atoms with Gasteiger partial charge in [0.25, 0.3) is 0 Å². The summed E-state index contributed by atoms with van der Waals surface area (Å²) in [6.07, 6.45) is 5.58. The number of hydrogen-bond acceptors (Lipinski definition) is 2. The molecule has 0 radical (unpaired) electrons. The van der Waals surface area contributed by atoms with E-state index in [1.807, 2.05) is 30.5 Å². The molecule has 0 amide bonds.